The van der Waals surface area contributed by atoms with Crippen molar-refractivity contribution in [3.8, 4) is 11.4 Å². The minimum absolute atomic E-state index is 0.0384. The summed E-state index contributed by atoms with van der Waals surface area (Å²) in [5.41, 5.74) is 3.22. The summed E-state index contributed by atoms with van der Waals surface area (Å²) in [5.74, 6) is 1.40. The van der Waals surface area contributed by atoms with E-state index in [0.717, 1.165) is 74.3 Å². The van der Waals surface area contributed by atoms with E-state index in [1.807, 2.05) is 17.2 Å². The van der Waals surface area contributed by atoms with Gasteiger partial charge in [-0.1, -0.05) is 13.8 Å². The lowest BCUT2D eigenvalue weighted by molar-refractivity contribution is 0.0783. The molecule has 1 spiro atoms. The van der Waals surface area contributed by atoms with Gasteiger partial charge in [0.15, 0.2) is 5.82 Å². The number of amides is 2. The third-order valence-electron chi connectivity index (χ3n) is 7.69. The van der Waals surface area contributed by atoms with Gasteiger partial charge in [-0.15, -0.1) is 0 Å². The van der Waals surface area contributed by atoms with Crippen LogP contribution < -0.4 is 10.2 Å². The Hall–Kier alpha value is -3.14. The smallest absolute Gasteiger partial charge is 0.322 e. The molecule has 2 N–H and O–H groups in total. The van der Waals surface area contributed by atoms with E-state index < -0.39 is 0 Å². The van der Waals surface area contributed by atoms with Crippen LogP contribution in [0.1, 0.15) is 46.0 Å². The van der Waals surface area contributed by atoms with Crippen molar-refractivity contribution >= 4 is 28.4 Å². The Morgan fingerprint density at radius 1 is 1.26 bits per heavy atom. The Morgan fingerprint density at radius 3 is 2.83 bits per heavy atom. The molecule has 3 aromatic rings. The number of nitrogens with zero attached hydrogens (tertiary/aromatic N) is 6. The number of piperidine rings is 1. The molecule has 35 heavy (non-hydrogen) atoms. The minimum atomic E-state index is -0.0384. The molecule has 2 amide bonds. The van der Waals surface area contributed by atoms with Crippen molar-refractivity contribution in [1.29, 1.82) is 0 Å². The van der Waals surface area contributed by atoms with Gasteiger partial charge in [0.25, 0.3) is 0 Å². The average molecular weight is 479 g/mol. The fourth-order valence-corrected chi connectivity index (χ4v) is 5.50. The van der Waals surface area contributed by atoms with Crippen LogP contribution in [0.2, 0.25) is 0 Å². The maximum absolute atomic E-state index is 13.2. The Labute approximate surface area is 205 Å². The molecule has 0 atom stereocenters. The molecule has 0 unspecified atom stereocenters. The van der Waals surface area contributed by atoms with E-state index in [1.54, 1.807) is 13.3 Å². The van der Waals surface area contributed by atoms with Gasteiger partial charge < -0.3 is 19.9 Å². The lowest BCUT2D eigenvalue weighted by Crippen LogP contribution is -2.52. The number of ether oxygens (including phenoxy) is 1. The Balaban J connectivity index is 1.30. The van der Waals surface area contributed by atoms with Gasteiger partial charge >= 0.3 is 6.03 Å². The summed E-state index contributed by atoms with van der Waals surface area (Å²) in [5, 5.41) is 16.4. The number of fused-ring (bicyclic) bond motifs is 1. The molecular formula is C25H34N8O2. The fraction of sp³-hybridized carbons (Fsp3) is 0.600. The van der Waals surface area contributed by atoms with Gasteiger partial charge in [-0.05, 0) is 44.1 Å². The first kappa shape index (κ1) is 22.3. The van der Waals surface area contributed by atoms with Crippen molar-refractivity contribution in [2.24, 2.45) is 5.92 Å². The molecule has 10 nitrogen and oxygen atoms in total. The number of likely N-dealkylation sites (tertiary alicyclic amines) is 1. The van der Waals surface area contributed by atoms with Gasteiger partial charge in [-0.25, -0.2) is 4.79 Å². The number of hydrogen-bond donors (Lipinski definition) is 2. The summed E-state index contributed by atoms with van der Waals surface area (Å²) in [6, 6.07) is 2.01. The largest absolute Gasteiger partial charge is 0.378 e. The van der Waals surface area contributed by atoms with Gasteiger partial charge in [0.05, 0.1) is 34.6 Å². The second kappa shape index (κ2) is 8.51. The number of nitrogens with one attached hydrogen (secondary N) is 2. The molecule has 1 aliphatic carbocycles. The minimum Gasteiger partial charge on any atom is -0.378 e. The van der Waals surface area contributed by atoms with Gasteiger partial charge in [0, 0.05) is 45.0 Å². The maximum Gasteiger partial charge on any atom is 0.322 e. The summed E-state index contributed by atoms with van der Waals surface area (Å²) in [7, 11) is 1.75. The van der Waals surface area contributed by atoms with Crippen LogP contribution in [0.15, 0.2) is 18.5 Å². The van der Waals surface area contributed by atoms with Crippen molar-refractivity contribution in [2.45, 2.75) is 64.1 Å². The second-order valence-corrected chi connectivity index (χ2v) is 10.7. The number of pyridine rings is 1. The number of methoxy groups -OCH3 is 1. The molecule has 2 aliphatic heterocycles. The van der Waals surface area contributed by atoms with Gasteiger partial charge in [-0.3, -0.25) is 14.8 Å². The number of carbonyl (C=O) groups is 1. The SMILES string of the molecule is COC1CN(c2nn(CC(C)C)c3cc(-c4[nH]ncc4NC(=O)N4CCCCC45CC5)ncc23)C1. The number of carbonyl (C=O) groups excluding carboxylic acids is 1. The highest BCUT2D eigenvalue weighted by Gasteiger charge is 2.51. The average Bonchev–Trinajstić information content (AvgIpc) is 3.27. The van der Waals surface area contributed by atoms with E-state index in [9.17, 15) is 4.79 Å². The predicted octanol–water partition coefficient (Wildman–Crippen LogP) is 3.86. The Morgan fingerprint density at radius 2 is 2.09 bits per heavy atom. The molecule has 0 bridgehead atoms. The highest BCUT2D eigenvalue weighted by Crippen LogP contribution is 2.48. The van der Waals surface area contributed by atoms with Crippen LogP contribution in [-0.2, 0) is 11.3 Å². The topological polar surface area (TPSA) is 104 Å². The van der Waals surface area contributed by atoms with E-state index in [-0.39, 0.29) is 17.7 Å². The highest BCUT2D eigenvalue weighted by atomic mass is 16.5. The van der Waals surface area contributed by atoms with Crippen LogP contribution in [0.5, 0.6) is 0 Å². The first-order valence-electron chi connectivity index (χ1n) is 12.7. The zero-order valence-corrected chi connectivity index (χ0v) is 20.8. The highest BCUT2D eigenvalue weighted by molar-refractivity contribution is 5.96. The van der Waals surface area contributed by atoms with Crippen molar-refractivity contribution in [3.63, 3.8) is 0 Å². The first-order chi connectivity index (χ1) is 17.0. The van der Waals surface area contributed by atoms with Crippen molar-refractivity contribution in [2.75, 3.05) is 37.0 Å². The Bertz CT molecular complexity index is 1240. The van der Waals surface area contributed by atoms with E-state index in [2.05, 4.69) is 38.9 Å². The van der Waals surface area contributed by atoms with Gasteiger partial charge in [-0.2, -0.15) is 10.2 Å². The van der Waals surface area contributed by atoms with Crippen molar-refractivity contribution in [3.05, 3.63) is 18.5 Å². The summed E-state index contributed by atoms with van der Waals surface area (Å²) in [4.78, 5) is 22.2. The standard InChI is InChI=1S/C25H34N8O2/c1-16(2)13-33-21-10-19(26-11-18(21)23(30-33)31-14-17(15-31)35-3)22-20(12-27-29-22)28-24(34)32-9-5-4-6-25(32)7-8-25/h10-12,16-17H,4-9,13-15H2,1-3H3,(H,27,29)(H,28,34). The Kier molecular flexibility index (Phi) is 5.43. The molecule has 3 fully saturated rings. The summed E-state index contributed by atoms with van der Waals surface area (Å²) >= 11 is 0. The summed E-state index contributed by atoms with van der Waals surface area (Å²) < 4.78 is 7.52. The van der Waals surface area contributed by atoms with E-state index in [1.165, 1.54) is 6.42 Å². The van der Waals surface area contributed by atoms with Crippen molar-refractivity contribution < 1.29 is 9.53 Å². The lowest BCUT2D eigenvalue weighted by Gasteiger charge is -2.38. The monoisotopic (exact) mass is 478 g/mol. The number of aromatic nitrogens is 5. The third kappa shape index (κ3) is 3.93. The van der Waals surface area contributed by atoms with Crippen LogP contribution in [0, 0.1) is 5.92 Å². The van der Waals surface area contributed by atoms with E-state index in [0.29, 0.717) is 17.3 Å². The molecule has 186 valence electrons. The number of rotatable bonds is 6. The number of anilines is 2. The number of aromatic amines is 1. The molecule has 0 aromatic carbocycles. The van der Waals surface area contributed by atoms with E-state index >= 15 is 0 Å². The van der Waals surface area contributed by atoms with Crippen molar-refractivity contribution in [1.82, 2.24) is 29.9 Å². The molecule has 0 radical (unpaired) electrons. The quantitative estimate of drug-likeness (QED) is 0.558. The summed E-state index contributed by atoms with van der Waals surface area (Å²) in [6.45, 7) is 7.68. The second-order valence-electron chi connectivity index (χ2n) is 10.7. The molecule has 3 aromatic heterocycles. The van der Waals surface area contributed by atoms with Crippen LogP contribution >= 0.6 is 0 Å². The van der Waals surface area contributed by atoms with Gasteiger partial charge in [0.2, 0.25) is 0 Å². The first-order valence-corrected chi connectivity index (χ1v) is 12.7. The van der Waals surface area contributed by atoms with Gasteiger partial charge in [0.1, 0.15) is 5.69 Å². The zero-order chi connectivity index (χ0) is 24.2. The van der Waals surface area contributed by atoms with Crippen LogP contribution in [0.25, 0.3) is 22.3 Å². The van der Waals surface area contributed by atoms with Crippen LogP contribution in [0.4, 0.5) is 16.3 Å². The maximum atomic E-state index is 13.2. The lowest BCUT2D eigenvalue weighted by atomic mass is 10.0. The molecule has 3 aliphatic rings. The van der Waals surface area contributed by atoms with E-state index in [4.69, 9.17) is 14.8 Å². The summed E-state index contributed by atoms with van der Waals surface area (Å²) in [6.07, 6.45) is 9.42. The molecular weight excluding hydrogens is 444 g/mol. The number of urea groups is 1. The van der Waals surface area contributed by atoms with Crippen LogP contribution in [-0.4, -0.2) is 74.3 Å². The van der Waals surface area contributed by atoms with Crippen LogP contribution in [0.3, 0.4) is 0 Å². The molecule has 5 heterocycles. The third-order valence-corrected chi connectivity index (χ3v) is 7.69. The number of hydrogen-bond acceptors (Lipinski definition) is 6. The number of H-pyrrole nitrogens is 1. The predicted molar refractivity (Wildman–Crippen MR) is 134 cm³/mol. The molecule has 2 saturated heterocycles. The molecule has 1 saturated carbocycles. The zero-order valence-electron chi connectivity index (χ0n) is 20.8. The molecule has 10 heteroatoms. The normalized spacial score (nSPS) is 19.5. The molecule has 6 rings (SSSR count). The fourth-order valence-electron chi connectivity index (χ4n) is 5.50.